The van der Waals surface area contributed by atoms with Crippen LogP contribution in [0.3, 0.4) is 0 Å². The predicted octanol–water partition coefficient (Wildman–Crippen LogP) is 0.469. The number of nitrogens with zero attached hydrogens (tertiary/aromatic N) is 1. The highest BCUT2D eigenvalue weighted by Gasteiger charge is 2.31. The van der Waals surface area contributed by atoms with Crippen molar-refractivity contribution in [2.45, 2.75) is 30.7 Å². The summed E-state index contributed by atoms with van der Waals surface area (Å²) >= 11 is 0. The van der Waals surface area contributed by atoms with Crippen molar-refractivity contribution in [3.05, 3.63) is 24.0 Å². The Bertz CT molecular complexity index is 612. The molecule has 3 N–H and O–H groups in total. The Labute approximate surface area is 113 Å². The van der Waals surface area contributed by atoms with Gasteiger partial charge in [0, 0.05) is 24.0 Å². The van der Waals surface area contributed by atoms with E-state index in [1.165, 1.54) is 18.5 Å². The Morgan fingerprint density at radius 2 is 2.26 bits per heavy atom. The van der Waals surface area contributed by atoms with E-state index < -0.39 is 10.0 Å². The zero-order valence-electron chi connectivity index (χ0n) is 10.8. The maximum Gasteiger partial charge on any atom is 0.242 e. The fraction of sp³-hybridized carbons (Fsp3) is 0.462. The van der Waals surface area contributed by atoms with E-state index in [1.807, 2.05) is 6.92 Å². The molecule has 1 unspecified atom stereocenters. The summed E-state index contributed by atoms with van der Waals surface area (Å²) < 4.78 is 27.0. The van der Waals surface area contributed by atoms with Gasteiger partial charge in [-0.2, -0.15) is 0 Å². The lowest BCUT2D eigenvalue weighted by molar-refractivity contribution is 0.538. The molecule has 5 nitrogen and oxygen atoms in total. The van der Waals surface area contributed by atoms with E-state index in [-0.39, 0.29) is 17.5 Å². The molecule has 2 rings (SSSR count). The summed E-state index contributed by atoms with van der Waals surface area (Å²) in [5.74, 6) is 5.91. The summed E-state index contributed by atoms with van der Waals surface area (Å²) in [5.41, 5.74) is 5.83. The Kier molecular flexibility index (Phi) is 4.20. The molecule has 0 bridgehead atoms. The molecular formula is C13H17N3O2S. The first-order valence-corrected chi connectivity index (χ1v) is 7.67. The third kappa shape index (κ3) is 3.77. The summed E-state index contributed by atoms with van der Waals surface area (Å²) in [6, 6.07) is 1.47. The van der Waals surface area contributed by atoms with Crippen LogP contribution in [-0.2, 0) is 10.0 Å². The Hall–Kier alpha value is -1.42. The van der Waals surface area contributed by atoms with Crippen LogP contribution in [0.2, 0.25) is 0 Å². The molecule has 1 atom stereocenters. The molecule has 1 fully saturated rings. The number of nitrogens with one attached hydrogen (secondary N) is 1. The van der Waals surface area contributed by atoms with Gasteiger partial charge >= 0.3 is 0 Å². The minimum Gasteiger partial charge on any atom is -0.320 e. The fourth-order valence-corrected chi connectivity index (χ4v) is 3.09. The second kappa shape index (κ2) is 5.70. The van der Waals surface area contributed by atoms with Gasteiger partial charge in [-0.3, -0.25) is 4.98 Å². The van der Waals surface area contributed by atoms with Crippen molar-refractivity contribution in [1.82, 2.24) is 9.71 Å². The van der Waals surface area contributed by atoms with E-state index >= 15 is 0 Å². The molecule has 0 spiro atoms. The highest BCUT2D eigenvalue weighted by molar-refractivity contribution is 7.89. The van der Waals surface area contributed by atoms with E-state index in [2.05, 4.69) is 21.5 Å². The quantitative estimate of drug-likeness (QED) is 0.785. The summed E-state index contributed by atoms with van der Waals surface area (Å²) in [7, 11) is -3.52. The largest absolute Gasteiger partial charge is 0.320 e. The van der Waals surface area contributed by atoms with Gasteiger partial charge in [0.15, 0.2) is 0 Å². The van der Waals surface area contributed by atoms with E-state index in [0.29, 0.717) is 11.5 Å². The molecule has 1 aliphatic carbocycles. The topological polar surface area (TPSA) is 85.1 Å². The fourth-order valence-electron chi connectivity index (χ4n) is 1.79. The van der Waals surface area contributed by atoms with Crippen molar-refractivity contribution in [2.75, 3.05) is 6.54 Å². The van der Waals surface area contributed by atoms with Gasteiger partial charge in [-0.25, -0.2) is 13.1 Å². The van der Waals surface area contributed by atoms with Crippen LogP contribution in [0.15, 0.2) is 23.4 Å². The molecule has 0 aromatic carbocycles. The molecule has 19 heavy (non-hydrogen) atoms. The number of nitrogens with two attached hydrogens (primary N) is 1. The third-order valence-electron chi connectivity index (χ3n) is 3.03. The van der Waals surface area contributed by atoms with E-state index in [1.54, 1.807) is 0 Å². The van der Waals surface area contributed by atoms with Crippen LogP contribution in [-0.4, -0.2) is 26.0 Å². The maximum absolute atomic E-state index is 12.2. The van der Waals surface area contributed by atoms with Crippen LogP contribution < -0.4 is 10.5 Å². The maximum atomic E-state index is 12.2. The Morgan fingerprint density at radius 3 is 2.89 bits per heavy atom. The first kappa shape index (κ1) is 14.0. The number of pyridine rings is 1. The predicted molar refractivity (Wildman–Crippen MR) is 72.7 cm³/mol. The van der Waals surface area contributed by atoms with Crippen molar-refractivity contribution in [3.8, 4) is 11.8 Å². The van der Waals surface area contributed by atoms with Crippen molar-refractivity contribution in [3.63, 3.8) is 0 Å². The molecule has 6 heteroatoms. The van der Waals surface area contributed by atoms with E-state index in [4.69, 9.17) is 5.73 Å². The minimum atomic E-state index is -3.52. The van der Waals surface area contributed by atoms with Gasteiger partial charge in [0.05, 0.1) is 6.54 Å². The zero-order valence-corrected chi connectivity index (χ0v) is 11.6. The van der Waals surface area contributed by atoms with Crippen molar-refractivity contribution >= 4 is 10.0 Å². The molecule has 1 aromatic rings. The summed E-state index contributed by atoms with van der Waals surface area (Å²) in [4.78, 5) is 4.05. The second-order valence-corrected chi connectivity index (χ2v) is 6.38. The number of hydrogen-bond acceptors (Lipinski definition) is 4. The molecule has 1 saturated carbocycles. The van der Waals surface area contributed by atoms with Crippen LogP contribution in [0, 0.1) is 17.8 Å². The SMILES string of the molecule is CC(NS(=O)(=O)c1cncc(C#CCN)c1)C1CC1. The number of rotatable bonds is 4. The van der Waals surface area contributed by atoms with E-state index in [9.17, 15) is 8.42 Å². The first-order chi connectivity index (χ1) is 9.03. The second-order valence-electron chi connectivity index (χ2n) is 4.66. The van der Waals surface area contributed by atoms with Crippen LogP contribution in [0.25, 0.3) is 0 Å². The molecule has 0 amide bonds. The zero-order chi connectivity index (χ0) is 13.9. The third-order valence-corrected chi connectivity index (χ3v) is 4.55. The van der Waals surface area contributed by atoms with Gasteiger partial charge in [-0.15, -0.1) is 0 Å². The molecule has 102 valence electrons. The van der Waals surface area contributed by atoms with Crippen LogP contribution in [0.5, 0.6) is 0 Å². The minimum absolute atomic E-state index is 0.0382. The molecule has 0 radical (unpaired) electrons. The molecular weight excluding hydrogens is 262 g/mol. The van der Waals surface area contributed by atoms with Gasteiger partial charge in [0.1, 0.15) is 4.90 Å². The van der Waals surface area contributed by atoms with Crippen LogP contribution in [0.4, 0.5) is 0 Å². The standard InChI is InChI=1S/C13H17N3O2S/c1-10(12-4-5-12)16-19(17,18)13-7-11(3-2-6-14)8-15-9-13/h7-10,12,16H,4-6,14H2,1H3. The summed E-state index contributed by atoms with van der Waals surface area (Å²) in [6.45, 7) is 2.12. The van der Waals surface area contributed by atoms with Gasteiger partial charge < -0.3 is 5.73 Å². The van der Waals surface area contributed by atoms with Gasteiger partial charge in [-0.1, -0.05) is 11.8 Å². The van der Waals surface area contributed by atoms with E-state index in [0.717, 1.165) is 12.8 Å². The summed E-state index contributed by atoms with van der Waals surface area (Å²) in [5, 5.41) is 0. The van der Waals surface area contributed by atoms with Crippen LogP contribution in [0.1, 0.15) is 25.3 Å². The number of sulfonamides is 1. The Balaban J connectivity index is 2.19. The normalized spacial score (nSPS) is 16.5. The highest BCUT2D eigenvalue weighted by Crippen LogP contribution is 2.32. The highest BCUT2D eigenvalue weighted by atomic mass is 32.2. The monoisotopic (exact) mass is 279 g/mol. The number of hydrogen-bond donors (Lipinski definition) is 2. The lowest BCUT2D eigenvalue weighted by Crippen LogP contribution is -2.34. The number of aromatic nitrogens is 1. The molecule has 0 aliphatic heterocycles. The van der Waals surface area contributed by atoms with Gasteiger partial charge in [-0.05, 0) is 31.7 Å². The van der Waals surface area contributed by atoms with Crippen molar-refractivity contribution < 1.29 is 8.42 Å². The molecule has 1 aliphatic rings. The molecule has 1 aromatic heterocycles. The average molecular weight is 279 g/mol. The van der Waals surface area contributed by atoms with Crippen LogP contribution >= 0.6 is 0 Å². The molecule has 0 saturated heterocycles. The smallest absolute Gasteiger partial charge is 0.242 e. The summed E-state index contributed by atoms with van der Waals surface area (Å²) in [6.07, 6.45) is 5.02. The Morgan fingerprint density at radius 1 is 1.53 bits per heavy atom. The lowest BCUT2D eigenvalue weighted by atomic mass is 10.2. The first-order valence-electron chi connectivity index (χ1n) is 6.19. The average Bonchev–Trinajstić information content (AvgIpc) is 3.20. The van der Waals surface area contributed by atoms with Gasteiger partial charge in [0.25, 0.3) is 0 Å². The lowest BCUT2D eigenvalue weighted by Gasteiger charge is -2.13. The molecule has 1 heterocycles. The van der Waals surface area contributed by atoms with Crippen molar-refractivity contribution in [2.24, 2.45) is 11.7 Å². The van der Waals surface area contributed by atoms with Gasteiger partial charge in [0.2, 0.25) is 10.0 Å². The van der Waals surface area contributed by atoms with Crippen molar-refractivity contribution in [1.29, 1.82) is 0 Å².